The van der Waals surface area contributed by atoms with Crippen molar-refractivity contribution in [1.82, 2.24) is 5.32 Å². The number of nitrogens with one attached hydrogen (secondary N) is 1. The third-order valence-electron chi connectivity index (χ3n) is 3.92. The molecule has 1 atom stereocenters. The van der Waals surface area contributed by atoms with E-state index >= 15 is 0 Å². The number of aryl methyl sites for hydroxylation is 2. The van der Waals surface area contributed by atoms with E-state index in [1.165, 1.54) is 36.8 Å². The molecule has 2 aromatic carbocycles. The zero-order valence-corrected chi connectivity index (χ0v) is 14.8. The average molecular weight is 360 g/mol. The van der Waals surface area contributed by atoms with Crippen LogP contribution in [0.25, 0.3) is 10.1 Å². The molecule has 1 unspecified atom stereocenters. The monoisotopic (exact) mass is 359 g/mol. The van der Waals surface area contributed by atoms with Crippen molar-refractivity contribution >= 4 is 37.4 Å². The fraction of sp³-hybridized carbons (Fsp3) is 0.222. The predicted molar refractivity (Wildman–Crippen MR) is 96.3 cm³/mol. The van der Waals surface area contributed by atoms with Crippen molar-refractivity contribution in [2.45, 2.75) is 19.9 Å². The second-order valence-electron chi connectivity index (χ2n) is 5.39. The largest absolute Gasteiger partial charge is 0.309 e. The Balaban J connectivity index is 2.16. The highest BCUT2D eigenvalue weighted by molar-refractivity contribution is 9.10. The normalized spacial score (nSPS) is 12.8. The second-order valence-corrected chi connectivity index (χ2v) is 7.12. The van der Waals surface area contributed by atoms with Gasteiger partial charge in [-0.3, -0.25) is 0 Å². The second kappa shape index (κ2) is 5.91. The van der Waals surface area contributed by atoms with Crippen LogP contribution in [0.2, 0.25) is 0 Å². The van der Waals surface area contributed by atoms with Crippen LogP contribution >= 0.6 is 27.3 Å². The summed E-state index contributed by atoms with van der Waals surface area (Å²) in [4.78, 5) is 0. The zero-order chi connectivity index (χ0) is 15.0. The van der Waals surface area contributed by atoms with Crippen molar-refractivity contribution in [3.8, 4) is 0 Å². The van der Waals surface area contributed by atoms with Gasteiger partial charge in [0.05, 0.1) is 6.04 Å². The number of benzene rings is 2. The summed E-state index contributed by atoms with van der Waals surface area (Å²) >= 11 is 5.45. The van der Waals surface area contributed by atoms with Gasteiger partial charge in [0.15, 0.2) is 0 Å². The molecular weight excluding hydrogens is 342 g/mol. The first kappa shape index (κ1) is 14.8. The summed E-state index contributed by atoms with van der Waals surface area (Å²) in [5.74, 6) is 0. The van der Waals surface area contributed by atoms with Gasteiger partial charge in [-0.25, -0.2) is 0 Å². The third kappa shape index (κ3) is 2.66. The number of hydrogen-bond donors (Lipinski definition) is 1. The van der Waals surface area contributed by atoms with Crippen LogP contribution in [0.5, 0.6) is 0 Å². The van der Waals surface area contributed by atoms with Crippen LogP contribution in [0.4, 0.5) is 0 Å². The van der Waals surface area contributed by atoms with Crippen molar-refractivity contribution in [1.29, 1.82) is 0 Å². The molecule has 0 saturated heterocycles. The van der Waals surface area contributed by atoms with Gasteiger partial charge in [0.1, 0.15) is 0 Å². The van der Waals surface area contributed by atoms with E-state index in [2.05, 4.69) is 76.9 Å². The van der Waals surface area contributed by atoms with Gasteiger partial charge in [0.2, 0.25) is 0 Å². The topological polar surface area (TPSA) is 12.0 Å². The van der Waals surface area contributed by atoms with Crippen LogP contribution in [0, 0.1) is 13.8 Å². The van der Waals surface area contributed by atoms with Crippen LogP contribution in [-0.2, 0) is 0 Å². The summed E-state index contributed by atoms with van der Waals surface area (Å²) in [6.07, 6.45) is 0. The minimum Gasteiger partial charge on any atom is -0.309 e. The summed E-state index contributed by atoms with van der Waals surface area (Å²) in [6, 6.07) is 13.3. The summed E-state index contributed by atoms with van der Waals surface area (Å²) in [6.45, 7) is 4.33. The molecule has 3 rings (SSSR count). The molecule has 0 aliphatic carbocycles. The molecular formula is C18H18BrNS. The van der Waals surface area contributed by atoms with E-state index < -0.39 is 0 Å². The summed E-state index contributed by atoms with van der Waals surface area (Å²) in [7, 11) is 2.03. The highest BCUT2D eigenvalue weighted by Crippen LogP contribution is 2.37. The fourth-order valence-electron chi connectivity index (χ4n) is 2.89. The maximum Gasteiger partial charge on any atom is 0.0591 e. The van der Waals surface area contributed by atoms with Crippen molar-refractivity contribution in [2.24, 2.45) is 0 Å². The van der Waals surface area contributed by atoms with Crippen LogP contribution in [-0.4, -0.2) is 7.05 Å². The Labute approximate surface area is 138 Å². The lowest BCUT2D eigenvalue weighted by Crippen LogP contribution is -2.18. The Hall–Kier alpha value is -1.16. The molecule has 0 fully saturated rings. The summed E-state index contributed by atoms with van der Waals surface area (Å²) in [5.41, 5.74) is 5.35. The molecule has 0 aliphatic rings. The quantitative estimate of drug-likeness (QED) is 0.642. The average Bonchev–Trinajstić information content (AvgIpc) is 2.87. The minimum atomic E-state index is 0.230. The first-order chi connectivity index (χ1) is 10.1. The summed E-state index contributed by atoms with van der Waals surface area (Å²) < 4.78 is 2.49. The lowest BCUT2D eigenvalue weighted by molar-refractivity contribution is 0.694. The smallest absolute Gasteiger partial charge is 0.0591 e. The molecule has 0 saturated carbocycles. The van der Waals surface area contributed by atoms with E-state index in [0.717, 1.165) is 0 Å². The van der Waals surface area contributed by atoms with Gasteiger partial charge in [0.25, 0.3) is 0 Å². The molecule has 108 valence electrons. The predicted octanol–water partition coefficient (Wildman–Crippen LogP) is 5.59. The Morgan fingerprint density at radius 2 is 1.90 bits per heavy atom. The molecule has 3 heteroatoms. The maximum atomic E-state index is 3.65. The van der Waals surface area contributed by atoms with Crippen LogP contribution in [0.15, 0.2) is 46.3 Å². The van der Waals surface area contributed by atoms with Crippen molar-refractivity contribution < 1.29 is 0 Å². The SMILES string of the molecule is CNC(c1ccc(C)cc1C)c1csc2c(Br)cccc12. The van der Waals surface area contributed by atoms with Crippen molar-refractivity contribution in [3.63, 3.8) is 0 Å². The molecule has 1 N–H and O–H groups in total. The lowest BCUT2D eigenvalue weighted by Gasteiger charge is -2.19. The molecule has 1 aromatic heterocycles. The van der Waals surface area contributed by atoms with Crippen molar-refractivity contribution in [2.75, 3.05) is 7.05 Å². The molecule has 0 radical (unpaired) electrons. The van der Waals surface area contributed by atoms with Gasteiger partial charge in [-0.15, -0.1) is 11.3 Å². The van der Waals surface area contributed by atoms with Crippen LogP contribution < -0.4 is 5.32 Å². The standard InChI is InChI=1S/C18H18BrNS/c1-11-7-8-13(12(2)9-11)17(20-3)15-10-21-18-14(15)5-4-6-16(18)19/h4-10,17,20H,1-3H3. The van der Waals surface area contributed by atoms with Gasteiger partial charge in [-0.2, -0.15) is 0 Å². The molecule has 0 spiro atoms. The number of thiophene rings is 1. The lowest BCUT2D eigenvalue weighted by atomic mass is 9.94. The van der Waals surface area contributed by atoms with Gasteiger partial charge in [0, 0.05) is 9.17 Å². The first-order valence-corrected chi connectivity index (χ1v) is 8.69. The Kier molecular flexibility index (Phi) is 4.16. The number of hydrogen-bond acceptors (Lipinski definition) is 2. The van der Waals surface area contributed by atoms with Crippen LogP contribution in [0.3, 0.4) is 0 Å². The van der Waals surface area contributed by atoms with Gasteiger partial charge in [-0.05, 0) is 70.3 Å². The number of rotatable bonds is 3. The first-order valence-electron chi connectivity index (χ1n) is 7.02. The fourth-order valence-corrected chi connectivity index (χ4v) is 4.54. The molecule has 1 nitrogen and oxygen atoms in total. The zero-order valence-electron chi connectivity index (χ0n) is 12.4. The highest BCUT2D eigenvalue weighted by atomic mass is 79.9. The van der Waals surface area contributed by atoms with E-state index in [1.54, 1.807) is 11.3 Å². The van der Waals surface area contributed by atoms with E-state index in [9.17, 15) is 0 Å². The minimum absolute atomic E-state index is 0.230. The van der Waals surface area contributed by atoms with Gasteiger partial charge in [-0.1, -0.05) is 35.9 Å². The molecule has 0 bridgehead atoms. The molecule has 3 aromatic rings. The van der Waals surface area contributed by atoms with E-state index in [1.807, 2.05) is 7.05 Å². The van der Waals surface area contributed by atoms with Gasteiger partial charge < -0.3 is 5.32 Å². The molecule has 1 heterocycles. The summed E-state index contributed by atoms with van der Waals surface area (Å²) in [5, 5.41) is 7.09. The van der Waals surface area contributed by atoms with E-state index in [-0.39, 0.29) is 6.04 Å². The van der Waals surface area contributed by atoms with Crippen molar-refractivity contribution in [3.05, 3.63) is 68.5 Å². The van der Waals surface area contributed by atoms with E-state index in [0.29, 0.717) is 0 Å². The highest BCUT2D eigenvalue weighted by Gasteiger charge is 2.18. The Bertz CT molecular complexity index is 791. The molecule has 0 aliphatic heterocycles. The molecule has 21 heavy (non-hydrogen) atoms. The number of fused-ring (bicyclic) bond motifs is 1. The third-order valence-corrected chi connectivity index (χ3v) is 5.89. The Morgan fingerprint density at radius 3 is 2.62 bits per heavy atom. The maximum absolute atomic E-state index is 3.65. The number of halogens is 1. The Morgan fingerprint density at radius 1 is 1.10 bits per heavy atom. The molecule has 0 amide bonds. The van der Waals surface area contributed by atoms with Crippen LogP contribution in [0.1, 0.15) is 28.3 Å². The van der Waals surface area contributed by atoms with E-state index in [4.69, 9.17) is 0 Å². The van der Waals surface area contributed by atoms with Gasteiger partial charge >= 0.3 is 0 Å².